The summed E-state index contributed by atoms with van der Waals surface area (Å²) >= 11 is 0. The third-order valence-corrected chi connectivity index (χ3v) is 7.24. The van der Waals surface area contributed by atoms with Gasteiger partial charge in [-0.05, 0) is 43.7 Å². The van der Waals surface area contributed by atoms with Crippen molar-refractivity contribution in [2.24, 2.45) is 5.92 Å². The largest absolute Gasteiger partial charge is 0.493 e. The highest BCUT2D eigenvalue weighted by Gasteiger charge is 2.23. The number of anilines is 1. The highest BCUT2D eigenvalue weighted by molar-refractivity contribution is 7.91. The van der Waals surface area contributed by atoms with Crippen LogP contribution in [-0.2, 0) is 9.84 Å². The zero-order valence-corrected chi connectivity index (χ0v) is 18.6. The number of ether oxygens (including phenoxy) is 1. The molecule has 1 aliphatic rings. The van der Waals surface area contributed by atoms with Crippen LogP contribution in [0.5, 0.6) is 5.75 Å². The lowest BCUT2D eigenvalue weighted by molar-refractivity contribution is 0.275. The standard InChI is InChI=1S/C21H30FN3O4S/c1-4-30(26,27)19-8-7-17(14-18(19)22)28-13-5-6-16-9-11-25(12-10-16)21-23-20(15(2)3)24-29-21/h7-8,14-16H,4-6,9-13H2,1-3H3. The van der Waals surface area contributed by atoms with E-state index in [1.807, 2.05) is 13.8 Å². The van der Waals surface area contributed by atoms with Crippen LogP contribution in [0.25, 0.3) is 0 Å². The first kappa shape index (κ1) is 22.5. The van der Waals surface area contributed by atoms with Crippen molar-refractivity contribution in [2.75, 3.05) is 30.3 Å². The van der Waals surface area contributed by atoms with Gasteiger partial charge in [0.2, 0.25) is 0 Å². The second-order valence-corrected chi connectivity index (χ2v) is 10.3. The van der Waals surface area contributed by atoms with Crippen molar-refractivity contribution in [3.05, 3.63) is 29.8 Å². The maximum Gasteiger partial charge on any atom is 0.324 e. The van der Waals surface area contributed by atoms with Gasteiger partial charge >= 0.3 is 6.01 Å². The van der Waals surface area contributed by atoms with Crippen molar-refractivity contribution in [3.63, 3.8) is 0 Å². The molecule has 1 aromatic carbocycles. The molecule has 0 N–H and O–H groups in total. The van der Waals surface area contributed by atoms with Crippen LogP contribution in [0.1, 0.15) is 58.2 Å². The highest BCUT2D eigenvalue weighted by Crippen LogP contribution is 2.26. The molecule has 0 saturated carbocycles. The van der Waals surface area contributed by atoms with Gasteiger partial charge < -0.3 is 14.2 Å². The predicted octanol–water partition coefficient (Wildman–Crippen LogP) is 4.20. The summed E-state index contributed by atoms with van der Waals surface area (Å²) in [5.74, 6) is 1.06. The van der Waals surface area contributed by atoms with E-state index in [2.05, 4.69) is 15.0 Å². The van der Waals surface area contributed by atoms with E-state index < -0.39 is 15.7 Å². The molecule has 1 aromatic heterocycles. The molecule has 1 saturated heterocycles. The average Bonchev–Trinajstić information content (AvgIpc) is 3.22. The van der Waals surface area contributed by atoms with Gasteiger partial charge in [-0.1, -0.05) is 25.9 Å². The predicted molar refractivity (Wildman–Crippen MR) is 112 cm³/mol. The van der Waals surface area contributed by atoms with Crippen molar-refractivity contribution in [3.8, 4) is 5.75 Å². The number of benzene rings is 1. The molecule has 1 aliphatic heterocycles. The van der Waals surface area contributed by atoms with E-state index in [9.17, 15) is 12.8 Å². The van der Waals surface area contributed by atoms with Gasteiger partial charge in [0, 0.05) is 25.1 Å². The molecule has 0 spiro atoms. The number of hydrogen-bond acceptors (Lipinski definition) is 7. The molecule has 0 radical (unpaired) electrons. The fraction of sp³-hybridized carbons (Fsp3) is 0.619. The van der Waals surface area contributed by atoms with Gasteiger partial charge in [0.05, 0.1) is 12.4 Å². The normalized spacial score (nSPS) is 15.7. The van der Waals surface area contributed by atoms with Crippen LogP contribution in [0, 0.1) is 11.7 Å². The first-order valence-corrected chi connectivity index (χ1v) is 12.2. The average molecular weight is 440 g/mol. The maximum atomic E-state index is 14.1. The first-order chi connectivity index (χ1) is 14.3. The minimum Gasteiger partial charge on any atom is -0.493 e. The lowest BCUT2D eigenvalue weighted by Crippen LogP contribution is -2.34. The summed E-state index contributed by atoms with van der Waals surface area (Å²) < 4.78 is 48.7. The molecular formula is C21H30FN3O4S. The summed E-state index contributed by atoms with van der Waals surface area (Å²) in [7, 11) is -3.56. The molecule has 7 nitrogen and oxygen atoms in total. The van der Waals surface area contributed by atoms with Gasteiger partial charge in [-0.2, -0.15) is 4.98 Å². The molecule has 0 aliphatic carbocycles. The first-order valence-electron chi connectivity index (χ1n) is 10.5. The molecule has 0 amide bonds. The van der Waals surface area contributed by atoms with Crippen LogP contribution >= 0.6 is 0 Å². The van der Waals surface area contributed by atoms with E-state index >= 15 is 0 Å². The van der Waals surface area contributed by atoms with Gasteiger partial charge in [-0.3, -0.25) is 0 Å². The maximum absolute atomic E-state index is 14.1. The molecule has 30 heavy (non-hydrogen) atoms. The Balaban J connectivity index is 1.40. The Labute approximate surface area is 177 Å². The summed E-state index contributed by atoms with van der Waals surface area (Å²) in [6.45, 7) is 7.83. The Morgan fingerprint density at radius 3 is 2.63 bits per heavy atom. The number of halogens is 1. The van der Waals surface area contributed by atoms with E-state index in [4.69, 9.17) is 9.26 Å². The summed E-state index contributed by atoms with van der Waals surface area (Å²) in [5.41, 5.74) is 0. The Bertz CT molecular complexity index is 937. The van der Waals surface area contributed by atoms with Crippen molar-refractivity contribution in [1.82, 2.24) is 10.1 Å². The Hall–Kier alpha value is -2.16. The molecule has 0 bridgehead atoms. The van der Waals surface area contributed by atoms with Crippen molar-refractivity contribution < 1.29 is 22.1 Å². The Morgan fingerprint density at radius 1 is 1.30 bits per heavy atom. The van der Waals surface area contributed by atoms with Gasteiger partial charge in [0.1, 0.15) is 16.5 Å². The third-order valence-electron chi connectivity index (χ3n) is 5.48. The molecule has 0 atom stereocenters. The fourth-order valence-electron chi connectivity index (χ4n) is 3.54. The number of piperidine rings is 1. The molecule has 2 heterocycles. The number of sulfone groups is 1. The van der Waals surface area contributed by atoms with Gasteiger partial charge in [-0.25, -0.2) is 12.8 Å². The van der Waals surface area contributed by atoms with Crippen LogP contribution in [0.15, 0.2) is 27.6 Å². The Kier molecular flexibility index (Phi) is 7.33. The van der Waals surface area contributed by atoms with E-state index in [1.54, 1.807) is 0 Å². The summed E-state index contributed by atoms with van der Waals surface area (Å²) in [5, 5.41) is 4.02. The molecule has 9 heteroatoms. The molecule has 1 fully saturated rings. The molecule has 3 rings (SSSR count). The summed E-state index contributed by atoms with van der Waals surface area (Å²) in [6.07, 6.45) is 3.99. The van der Waals surface area contributed by atoms with Crippen molar-refractivity contribution >= 4 is 15.9 Å². The van der Waals surface area contributed by atoms with Gasteiger partial charge in [0.15, 0.2) is 15.7 Å². The van der Waals surface area contributed by atoms with E-state index in [-0.39, 0.29) is 16.6 Å². The Morgan fingerprint density at radius 2 is 2.03 bits per heavy atom. The quantitative estimate of drug-likeness (QED) is 0.541. The van der Waals surface area contributed by atoms with Crippen LogP contribution in [0.2, 0.25) is 0 Å². The second kappa shape index (κ2) is 9.76. The van der Waals surface area contributed by atoms with E-state index in [1.165, 1.54) is 19.1 Å². The lowest BCUT2D eigenvalue weighted by Gasteiger charge is -2.30. The number of rotatable bonds is 9. The van der Waals surface area contributed by atoms with Crippen molar-refractivity contribution in [2.45, 2.75) is 57.3 Å². The summed E-state index contributed by atoms with van der Waals surface area (Å²) in [6, 6.07) is 4.55. The molecule has 166 valence electrons. The van der Waals surface area contributed by atoms with Crippen LogP contribution in [0.3, 0.4) is 0 Å². The minimum absolute atomic E-state index is 0.131. The monoisotopic (exact) mass is 439 g/mol. The smallest absolute Gasteiger partial charge is 0.324 e. The zero-order chi connectivity index (χ0) is 21.7. The molecule has 2 aromatic rings. The van der Waals surface area contributed by atoms with Gasteiger partial charge in [0.25, 0.3) is 0 Å². The van der Waals surface area contributed by atoms with Gasteiger partial charge in [-0.15, -0.1) is 0 Å². The second-order valence-electron chi connectivity index (χ2n) is 8.01. The number of nitrogens with zero attached hydrogens (tertiary/aromatic N) is 3. The highest BCUT2D eigenvalue weighted by atomic mass is 32.2. The zero-order valence-electron chi connectivity index (χ0n) is 17.8. The minimum atomic E-state index is -3.56. The van der Waals surface area contributed by atoms with Crippen molar-refractivity contribution in [1.29, 1.82) is 0 Å². The summed E-state index contributed by atoms with van der Waals surface area (Å²) in [4.78, 5) is 6.33. The lowest BCUT2D eigenvalue weighted by atomic mass is 9.92. The van der Waals surface area contributed by atoms with E-state index in [0.29, 0.717) is 24.3 Å². The molecular weight excluding hydrogens is 409 g/mol. The molecule has 0 unspecified atom stereocenters. The third kappa shape index (κ3) is 5.50. The topological polar surface area (TPSA) is 85.5 Å². The number of aromatic nitrogens is 2. The number of hydrogen-bond donors (Lipinski definition) is 0. The van der Waals surface area contributed by atoms with Crippen LogP contribution < -0.4 is 9.64 Å². The SMILES string of the molecule is CCS(=O)(=O)c1ccc(OCCCC2CCN(c3nc(C(C)C)no3)CC2)cc1F. The van der Waals surface area contributed by atoms with Crippen LogP contribution in [0.4, 0.5) is 10.4 Å². The fourth-order valence-corrected chi connectivity index (χ4v) is 4.49. The van der Waals surface area contributed by atoms with Crippen LogP contribution in [-0.4, -0.2) is 44.0 Å². The van der Waals surface area contributed by atoms with E-state index in [0.717, 1.165) is 50.7 Å².